The summed E-state index contributed by atoms with van der Waals surface area (Å²) in [4.78, 5) is 33.4. The van der Waals surface area contributed by atoms with Crippen LogP contribution in [0.2, 0.25) is 0 Å². The van der Waals surface area contributed by atoms with Gasteiger partial charge in [0.1, 0.15) is 6.54 Å². The van der Waals surface area contributed by atoms with Crippen LogP contribution in [-0.2, 0) is 11.3 Å². The Hall–Kier alpha value is -4.26. The van der Waals surface area contributed by atoms with Crippen molar-refractivity contribution < 1.29 is 14.1 Å². The van der Waals surface area contributed by atoms with Gasteiger partial charge in [-0.25, -0.2) is 0 Å². The fourth-order valence-corrected chi connectivity index (χ4v) is 4.06. The number of amides is 2. The van der Waals surface area contributed by atoms with E-state index in [0.717, 1.165) is 22.3 Å². The molecule has 7 nitrogen and oxygen atoms in total. The lowest BCUT2D eigenvalue weighted by Gasteiger charge is -2.34. The van der Waals surface area contributed by atoms with E-state index in [1.165, 1.54) is 0 Å². The Balaban J connectivity index is 1.19. The average molecular weight is 453 g/mol. The maximum atomic E-state index is 13.0. The SMILES string of the molecule is Cc1nc(-c2ccc(CN3CCN(C(=O)c4ccc(-c5ccccc5)cc4)CC3=O)cc2)no1. The van der Waals surface area contributed by atoms with Gasteiger partial charge in [0.2, 0.25) is 17.6 Å². The molecule has 34 heavy (non-hydrogen) atoms. The Bertz CT molecular complexity index is 1300. The number of hydrogen-bond donors (Lipinski definition) is 0. The molecular formula is C27H24N4O3. The zero-order valence-electron chi connectivity index (χ0n) is 18.8. The summed E-state index contributed by atoms with van der Waals surface area (Å²) in [5.74, 6) is 0.888. The second kappa shape index (κ2) is 9.31. The molecule has 0 unspecified atom stereocenters. The summed E-state index contributed by atoms with van der Waals surface area (Å²) >= 11 is 0. The Morgan fingerprint density at radius 2 is 1.56 bits per heavy atom. The van der Waals surface area contributed by atoms with Crippen LogP contribution in [0.5, 0.6) is 0 Å². The van der Waals surface area contributed by atoms with E-state index in [1.807, 2.05) is 78.9 Å². The van der Waals surface area contributed by atoms with E-state index in [9.17, 15) is 9.59 Å². The summed E-state index contributed by atoms with van der Waals surface area (Å²) in [5, 5.41) is 3.93. The molecule has 0 bridgehead atoms. The van der Waals surface area contributed by atoms with E-state index in [-0.39, 0.29) is 18.4 Å². The average Bonchev–Trinajstić information content (AvgIpc) is 3.32. The lowest BCUT2D eigenvalue weighted by atomic mass is 10.0. The molecule has 1 saturated heterocycles. The summed E-state index contributed by atoms with van der Waals surface area (Å²) in [5.41, 5.74) is 4.62. The largest absolute Gasteiger partial charge is 0.339 e. The summed E-state index contributed by atoms with van der Waals surface area (Å²) in [6.45, 7) is 3.34. The third-order valence-electron chi connectivity index (χ3n) is 5.96. The summed E-state index contributed by atoms with van der Waals surface area (Å²) in [7, 11) is 0. The fourth-order valence-electron chi connectivity index (χ4n) is 4.06. The third kappa shape index (κ3) is 4.59. The lowest BCUT2D eigenvalue weighted by molar-refractivity contribution is -0.135. The minimum absolute atomic E-state index is 0.0571. The summed E-state index contributed by atoms with van der Waals surface area (Å²) in [6, 6.07) is 25.3. The number of rotatable bonds is 5. The second-order valence-electron chi connectivity index (χ2n) is 8.32. The summed E-state index contributed by atoms with van der Waals surface area (Å²) in [6.07, 6.45) is 0. The highest BCUT2D eigenvalue weighted by atomic mass is 16.5. The molecule has 3 aromatic carbocycles. The Labute approximate surface area is 197 Å². The van der Waals surface area contributed by atoms with Crippen molar-refractivity contribution in [2.45, 2.75) is 13.5 Å². The normalized spacial score (nSPS) is 13.9. The number of aromatic nitrogens is 2. The van der Waals surface area contributed by atoms with Crippen molar-refractivity contribution in [2.24, 2.45) is 0 Å². The standard InChI is InChI=1S/C27H24N4O3/c1-19-28-26(29-34-19)23-9-7-20(8-10-23)17-30-15-16-31(18-25(30)32)27(33)24-13-11-22(12-14-24)21-5-3-2-4-6-21/h2-14H,15-18H2,1H3. The van der Waals surface area contributed by atoms with Crippen molar-refractivity contribution in [1.29, 1.82) is 0 Å². The molecule has 4 aromatic rings. The molecule has 0 spiro atoms. The molecule has 1 aliphatic rings. The molecule has 2 amide bonds. The van der Waals surface area contributed by atoms with Gasteiger partial charge in [0.05, 0.1) is 0 Å². The van der Waals surface area contributed by atoms with Gasteiger partial charge in [0.15, 0.2) is 0 Å². The van der Waals surface area contributed by atoms with Crippen molar-refractivity contribution in [3.8, 4) is 22.5 Å². The number of carbonyl (C=O) groups excluding carboxylic acids is 2. The van der Waals surface area contributed by atoms with E-state index < -0.39 is 0 Å². The van der Waals surface area contributed by atoms with Crippen LogP contribution in [0, 0.1) is 6.92 Å². The second-order valence-corrected chi connectivity index (χ2v) is 8.32. The predicted molar refractivity (Wildman–Crippen MR) is 128 cm³/mol. The van der Waals surface area contributed by atoms with Crippen molar-refractivity contribution in [1.82, 2.24) is 19.9 Å². The van der Waals surface area contributed by atoms with Crippen LogP contribution in [0.3, 0.4) is 0 Å². The van der Waals surface area contributed by atoms with Gasteiger partial charge >= 0.3 is 0 Å². The molecule has 0 atom stereocenters. The number of nitrogens with zero attached hydrogens (tertiary/aromatic N) is 4. The van der Waals surface area contributed by atoms with Gasteiger partial charge in [-0.3, -0.25) is 9.59 Å². The van der Waals surface area contributed by atoms with Gasteiger partial charge in [-0.05, 0) is 28.8 Å². The Kier molecular flexibility index (Phi) is 5.91. The van der Waals surface area contributed by atoms with E-state index >= 15 is 0 Å². The molecule has 2 heterocycles. The maximum absolute atomic E-state index is 13.0. The Morgan fingerprint density at radius 1 is 0.882 bits per heavy atom. The van der Waals surface area contributed by atoms with E-state index in [0.29, 0.717) is 36.9 Å². The third-order valence-corrected chi connectivity index (χ3v) is 5.96. The first kappa shape index (κ1) is 21.6. The number of aryl methyl sites for hydroxylation is 1. The minimum Gasteiger partial charge on any atom is -0.339 e. The molecule has 1 fully saturated rings. The maximum Gasteiger partial charge on any atom is 0.254 e. The van der Waals surface area contributed by atoms with Crippen molar-refractivity contribution >= 4 is 11.8 Å². The lowest BCUT2D eigenvalue weighted by Crippen LogP contribution is -2.51. The zero-order valence-corrected chi connectivity index (χ0v) is 18.8. The van der Waals surface area contributed by atoms with Gasteiger partial charge in [-0.1, -0.05) is 71.9 Å². The molecule has 0 radical (unpaired) electrons. The monoisotopic (exact) mass is 452 g/mol. The minimum atomic E-state index is -0.118. The molecular weight excluding hydrogens is 428 g/mol. The molecule has 0 saturated carbocycles. The molecule has 0 N–H and O–H groups in total. The van der Waals surface area contributed by atoms with Crippen LogP contribution in [0.4, 0.5) is 0 Å². The number of piperazine rings is 1. The highest BCUT2D eigenvalue weighted by Gasteiger charge is 2.27. The first-order valence-electron chi connectivity index (χ1n) is 11.2. The van der Waals surface area contributed by atoms with Crippen molar-refractivity contribution in [3.63, 3.8) is 0 Å². The number of benzene rings is 3. The van der Waals surface area contributed by atoms with Gasteiger partial charge in [0.25, 0.3) is 5.91 Å². The Morgan fingerprint density at radius 3 is 2.21 bits per heavy atom. The topological polar surface area (TPSA) is 79.5 Å². The predicted octanol–water partition coefficient (Wildman–Crippen LogP) is 4.20. The highest BCUT2D eigenvalue weighted by Crippen LogP contribution is 2.21. The van der Waals surface area contributed by atoms with Crippen LogP contribution >= 0.6 is 0 Å². The van der Waals surface area contributed by atoms with E-state index in [1.54, 1.807) is 16.7 Å². The van der Waals surface area contributed by atoms with Crippen molar-refractivity contribution in [3.05, 3.63) is 95.9 Å². The van der Waals surface area contributed by atoms with Crippen LogP contribution in [0.15, 0.2) is 83.4 Å². The van der Waals surface area contributed by atoms with Gasteiger partial charge < -0.3 is 14.3 Å². The van der Waals surface area contributed by atoms with E-state index in [4.69, 9.17) is 4.52 Å². The summed E-state index contributed by atoms with van der Waals surface area (Å²) < 4.78 is 5.03. The first-order valence-corrected chi connectivity index (χ1v) is 11.2. The number of carbonyl (C=O) groups is 2. The molecule has 5 rings (SSSR count). The van der Waals surface area contributed by atoms with Gasteiger partial charge in [-0.2, -0.15) is 4.98 Å². The van der Waals surface area contributed by atoms with Gasteiger partial charge in [-0.15, -0.1) is 0 Å². The van der Waals surface area contributed by atoms with Crippen LogP contribution in [-0.4, -0.2) is 51.4 Å². The molecule has 0 aliphatic carbocycles. The molecule has 1 aromatic heterocycles. The quantitative estimate of drug-likeness (QED) is 0.454. The van der Waals surface area contributed by atoms with Crippen LogP contribution < -0.4 is 0 Å². The van der Waals surface area contributed by atoms with Crippen LogP contribution in [0.1, 0.15) is 21.8 Å². The van der Waals surface area contributed by atoms with Crippen molar-refractivity contribution in [2.75, 3.05) is 19.6 Å². The molecule has 7 heteroatoms. The fraction of sp³-hybridized carbons (Fsp3) is 0.185. The smallest absolute Gasteiger partial charge is 0.254 e. The zero-order chi connectivity index (χ0) is 23.5. The molecule has 1 aliphatic heterocycles. The number of hydrogen-bond acceptors (Lipinski definition) is 5. The van der Waals surface area contributed by atoms with E-state index in [2.05, 4.69) is 10.1 Å². The van der Waals surface area contributed by atoms with Crippen LogP contribution in [0.25, 0.3) is 22.5 Å². The van der Waals surface area contributed by atoms with Gasteiger partial charge in [0, 0.05) is 37.7 Å². The molecule has 170 valence electrons. The highest BCUT2D eigenvalue weighted by molar-refractivity contribution is 5.97. The first-order chi connectivity index (χ1) is 16.6.